The molecule has 1 N–H and O–H groups in total. The topological polar surface area (TPSA) is 84.3 Å². The van der Waals surface area contributed by atoms with Crippen LogP contribution < -0.4 is 10.7 Å². The number of hydrogen-bond acceptors (Lipinski definition) is 5. The van der Waals surface area contributed by atoms with Crippen molar-refractivity contribution in [3.05, 3.63) is 64.7 Å². The fourth-order valence-electron chi connectivity index (χ4n) is 1.95. The zero-order valence-corrected chi connectivity index (χ0v) is 13.7. The van der Waals surface area contributed by atoms with Crippen molar-refractivity contribution in [2.75, 3.05) is 19.4 Å². The lowest BCUT2D eigenvalue weighted by molar-refractivity contribution is -0.114. The van der Waals surface area contributed by atoms with Gasteiger partial charge in [-0.1, -0.05) is 6.07 Å². The van der Waals surface area contributed by atoms with Crippen LogP contribution in [-0.2, 0) is 4.79 Å². The highest BCUT2D eigenvalue weighted by molar-refractivity contribution is 6.02. The van der Waals surface area contributed by atoms with Crippen LogP contribution in [0.15, 0.2) is 53.6 Å². The van der Waals surface area contributed by atoms with E-state index in [1.165, 1.54) is 29.9 Å². The van der Waals surface area contributed by atoms with Crippen LogP contribution in [0.4, 0.5) is 5.69 Å². The monoisotopic (exact) mass is 326 g/mol. The van der Waals surface area contributed by atoms with Crippen LogP contribution in [0.1, 0.15) is 17.4 Å². The standard InChI is InChI=1S/C17H18N4O3/c1-12(22)18-13-5-4-6-14(11-13)21-10-8-16(24)17(19-21)15(23)7-9-20(2)3/h4-11H,1-3H3,(H,18,22). The van der Waals surface area contributed by atoms with E-state index in [2.05, 4.69) is 10.4 Å². The van der Waals surface area contributed by atoms with Crippen molar-refractivity contribution in [3.63, 3.8) is 0 Å². The second kappa shape index (κ2) is 7.36. The number of carbonyl (C=O) groups is 2. The van der Waals surface area contributed by atoms with E-state index < -0.39 is 11.2 Å². The van der Waals surface area contributed by atoms with Gasteiger partial charge in [-0.3, -0.25) is 14.4 Å². The second-order valence-electron chi connectivity index (χ2n) is 5.35. The van der Waals surface area contributed by atoms with Gasteiger partial charge in [0.05, 0.1) is 5.69 Å². The minimum atomic E-state index is -0.471. The maximum absolute atomic E-state index is 12.1. The Balaban J connectivity index is 2.39. The number of benzene rings is 1. The fraction of sp³-hybridized carbons (Fsp3) is 0.176. The van der Waals surface area contributed by atoms with Gasteiger partial charge in [-0.15, -0.1) is 0 Å². The van der Waals surface area contributed by atoms with E-state index in [1.54, 1.807) is 49.5 Å². The quantitative estimate of drug-likeness (QED) is 0.664. The third-order valence-corrected chi connectivity index (χ3v) is 3.00. The van der Waals surface area contributed by atoms with Gasteiger partial charge in [0.2, 0.25) is 17.1 Å². The van der Waals surface area contributed by atoms with E-state index >= 15 is 0 Å². The molecule has 0 radical (unpaired) electrons. The van der Waals surface area contributed by atoms with E-state index in [1.807, 2.05) is 0 Å². The molecule has 2 aromatic rings. The summed E-state index contributed by atoms with van der Waals surface area (Å²) in [7, 11) is 3.54. The molecule has 0 saturated carbocycles. The predicted octanol–water partition coefficient (Wildman–Crippen LogP) is 1.45. The maximum Gasteiger partial charge on any atom is 0.221 e. The first-order valence-electron chi connectivity index (χ1n) is 7.24. The largest absolute Gasteiger partial charge is 0.383 e. The summed E-state index contributed by atoms with van der Waals surface area (Å²) in [6.07, 6.45) is 4.32. The van der Waals surface area contributed by atoms with Crippen LogP contribution in [0.3, 0.4) is 0 Å². The van der Waals surface area contributed by atoms with Crippen molar-refractivity contribution in [2.24, 2.45) is 0 Å². The normalized spacial score (nSPS) is 10.6. The fourth-order valence-corrected chi connectivity index (χ4v) is 1.95. The molecule has 24 heavy (non-hydrogen) atoms. The molecule has 1 heterocycles. The Morgan fingerprint density at radius 2 is 2.00 bits per heavy atom. The molecule has 1 amide bonds. The van der Waals surface area contributed by atoms with Gasteiger partial charge < -0.3 is 10.2 Å². The molecular formula is C17H18N4O3. The minimum absolute atomic E-state index is 0.166. The highest BCUT2D eigenvalue weighted by Gasteiger charge is 2.11. The molecule has 0 spiro atoms. The van der Waals surface area contributed by atoms with Crippen molar-refractivity contribution in [3.8, 4) is 5.69 Å². The van der Waals surface area contributed by atoms with E-state index in [9.17, 15) is 14.4 Å². The van der Waals surface area contributed by atoms with Crippen LogP contribution in [0.25, 0.3) is 5.69 Å². The zero-order valence-electron chi connectivity index (χ0n) is 13.7. The summed E-state index contributed by atoms with van der Waals surface area (Å²) in [6.45, 7) is 1.41. The Morgan fingerprint density at radius 1 is 1.25 bits per heavy atom. The van der Waals surface area contributed by atoms with Gasteiger partial charge >= 0.3 is 0 Å². The molecule has 1 aromatic heterocycles. The van der Waals surface area contributed by atoms with Gasteiger partial charge in [-0.2, -0.15) is 5.10 Å². The van der Waals surface area contributed by atoms with E-state index in [-0.39, 0.29) is 11.6 Å². The van der Waals surface area contributed by atoms with Crippen LogP contribution in [0.2, 0.25) is 0 Å². The number of hydrogen-bond donors (Lipinski definition) is 1. The first-order valence-corrected chi connectivity index (χ1v) is 7.24. The number of anilines is 1. The zero-order chi connectivity index (χ0) is 17.7. The van der Waals surface area contributed by atoms with Crippen LogP contribution in [0.5, 0.6) is 0 Å². The molecule has 7 nitrogen and oxygen atoms in total. The van der Waals surface area contributed by atoms with Crippen molar-refractivity contribution in [2.45, 2.75) is 6.92 Å². The molecule has 0 unspecified atom stereocenters. The SMILES string of the molecule is CC(=O)Nc1cccc(-n2ccc(=O)c(C(=O)C=CN(C)C)n2)c1. The average Bonchev–Trinajstić information content (AvgIpc) is 2.52. The van der Waals surface area contributed by atoms with Crippen LogP contribution >= 0.6 is 0 Å². The number of aromatic nitrogens is 2. The lowest BCUT2D eigenvalue weighted by Crippen LogP contribution is -2.20. The summed E-state index contributed by atoms with van der Waals surface area (Å²) in [5.41, 5.74) is 0.603. The molecule has 2 rings (SSSR count). The Kier molecular flexibility index (Phi) is 5.26. The number of nitrogens with zero attached hydrogens (tertiary/aromatic N) is 3. The lowest BCUT2D eigenvalue weighted by atomic mass is 10.2. The smallest absolute Gasteiger partial charge is 0.221 e. The number of carbonyl (C=O) groups excluding carboxylic acids is 2. The number of amides is 1. The molecule has 0 fully saturated rings. The van der Waals surface area contributed by atoms with Gasteiger partial charge in [-0.25, -0.2) is 4.68 Å². The van der Waals surface area contributed by atoms with E-state index in [4.69, 9.17) is 0 Å². The number of nitrogens with one attached hydrogen (secondary N) is 1. The highest BCUT2D eigenvalue weighted by atomic mass is 16.1. The Labute approximate surface area is 139 Å². The number of ketones is 1. The molecule has 0 atom stereocenters. The molecule has 1 aromatic carbocycles. The second-order valence-corrected chi connectivity index (χ2v) is 5.35. The molecule has 0 saturated heterocycles. The molecule has 0 aliphatic rings. The summed E-state index contributed by atoms with van der Waals surface area (Å²) >= 11 is 0. The van der Waals surface area contributed by atoms with Crippen molar-refractivity contribution in [1.29, 1.82) is 0 Å². The third kappa shape index (κ3) is 4.39. The Bertz CT molecular complexity index is 853. The molecule has 0 aliphatic carbocycles. The first-order chi connectivity index (χ1) is 11.4. The summed E-state index contributed by atoms with van der Waals surface area (Å²) in [6, 6.07) is 8.22. The minimum Gasteiger partial charge on any atom is -0.383 e. The number of rotatable bonds is 5. The van der Waals surface area contributed by atoms with Gasteiger partial charge in [0.15, 0.2) is 5.69 Å². The van der Waals surface area contributed by atoms with Crippen molar-refractivity contribution in [1.82, 2.24) is 14.7 Å². The molecule has 0 aliphatic heterocycles. The van der Waals surface area contributed by atoms with Crippen molar-refractivity contribution >= 4 is 17.4 Å². The third-order valence-electron chi connectivity index (χ3n) is 3.00. The van der Waals surface area contributed by atoms with Crippen molar-refractivity contribution < 1.29 is 9.59 Å². The summed E-state index contributed by atoms with van der Waals surface area (Å²) in [5, 5.41) is 6.78. The molecular weight excluding hydrogens is 308 g/mol. The first kappa shape index (κ1) is 17.1. The maximum atomic E-state index is 12.1. The molecule has 7 heteroatoms. The van der Waals surface area contributed by atoms with Gasteiger partial charge in [0.25, 0.3) is 0 Å². The Hall–Kier alpha value is -3.22. The highest BCUT2D eigenvalue weighted by Crippen LogP contribution is 2.13. The van der Waals surface area contributed by atoms with Crippen LogP contribution in [0, 0.1) is 0 Å². The van der Waals surface area contributed by atoms with Gasteiger partial charge in [0.1, 0.15) is 0 Å². The molecule has 124 valence electrons. The predicted molar refractivity (Wildman–Crippen MR) is 91.3 cm³/mol. The van der Waals surface area contributed by atoms with E-state index in [0.29, 0.717) is 11.4 Å². The average molecular weight is 326 g/mol. The van der Waals surface area contributed by atoms with Gasteiger partial charge in [0, 0.05) is 51.2 Å². The molecule has 0 bridgehead atoms. The van der Waals surface area contributed by atoms with Gasteiger partial charge in [-0.05, 0) is 18.2 Å². The summed E-state index contributed by atoms with van der Waals surface area (Å²) in [5.74, 6) is -0.661. The number of allylic oxidation sites excluding steroid dienone is 1. The van der Waals surface area contributed by atoms with Crippen LogP contribution in [-0.4, -0.2) is 40.5 Å². The summed E-state index contributed by atoms with van der Waals surface area (Å²) in [4.78, 5) is 36.9. The lowest BCUT2D eigenvalue weighted by Gasteiger charge is -2.09. The summed E-state index contributed by atoms with van der Waals surface area (Å²) < 4.78 is 1.42. The van der Waals surface area contributed by atoms with E-state index in [0.717, 1.165) is 0 Å². The Morgan fingerprint density at radius 3 is 2.67 bits per heavy atom.